The summed E-state index contributed by atoms with van der Waals surface area (Å²) in [5.74, 6) is -7.34. The lowest BCUT2D eigenvalue weighted by Crippen LogP contribution is -2.47. The van der Waals surface area contributed by atoms with Crippen molar-refractivity contribution < 1.29 is 58.9 Å². The summed E-state index contributed by atoms with van der Waals surface area (Å²) < 4.78 is 23.9. The summed E-state index contributed by atoms with van der Waals surface area (Å²) in [6, 6.07) is 0. The lowest BCUT2D eigenvalue weighted by atomic mass is 9.78. The Morgan fingerprint density at radius 2 is 1.65 bits per heavy atom. The van der Waals surface area contributed by atoms with Gasteiger partial charge in [0, 0.05) is 93.6 Å². The molecule has 16 nitrogen and oxygen atoms in total. The van der Waals surface area contributed by atoms with E-state index in [0.29, 0.717) is 31.8 Å². The second kappa shape index (κ2) is 18.1. The van der Waals surface area contributed by atoms with Gasteiger partial charge in [0.25, 0.3) is 11.7 Å². The molecule has 1 spiro atoms. The Kier molecular flexibility index (Phi) is 13.6. The van der Waals surface area contributed by atoms with Crippen LogP contribution < -0.4 is 20.8 Å². The third-order valence-electron chi connectivity index (χ3n) is 12.9. The average molecular weight is 863 g/mol. The Morgan fingerprint density at radius 1 is 0.984 bits per heavy atom. The smallest absolute Gasteiger partial charge is 0.312 e. The third-order valence-corrected chi connectivity index (χ3v) is 12.9. The van der Waals surface area contributed by atoms with Crippen molar-refractivity contribution in [2.45, 2.75) is 111 Å². The molecule has 0 aliphatic carbocycles. The van der Waals surface area contributed by atoms with Gasteiger partial charge in [0.05, 0.1) is 47.5 Å². The highest BCUT2D eigenvalue weighted by Gasteiger charge is 2.50. The van der Waals surface area contributed by atoms with Crippen LogP contribution in [0.4, 0.5) is 5.69 Å². The van der Waals surface area contributed by atoms with Gasteiger partial charge in [-0.15, -0.1) is 0 Å². The number of aliphatic hydroxyl groups excluding tert-OH is 3. The molecule has 1 saturated heterocycles. The second-order valence-electron chi connectivity index (χ2n) is 17.9. The molecule has 9 atom stereocenters. The van der Waals surface area contributed by atoms with Crippen LogP contribution in [0.3, 0.4) is 0 Å². The standard InChI is InChI=1S/C46H62N4O12/c1-22(2)20-50-17-15-46(16-18-50)48-34-31-32-39(55)27(7)42-33(31)43(57)45(9,62-42)60-19-14-30(59-10)24(4)41(61-28(8)52)26(6)37(53)25(5)38(54)29(21-51)13-11-12-23(3)44(58)47-36(40(32)56)35(34)49-46/h11-14,19,22,24-26,29-30,37-38,41,51,53-56H,15-18,20-21H2,1-10H3,(H,47,58)/b13-11-,19-14?,23-12-/t24-,25+,26-,29-,30+,37-,38-,41-,45+/m1/s1. The number of hydrogen-bond donors (Lipinski definition) is 6. The van der Waals surface area contributed by atoms with Gasteiger partial charge in [-0.1, -0.05) is 52.8 Å². The topological polar surface area (TPSA) is 229 Å². The number of Topliss-reactive ketones (excluding diaryl/α,β-unsaturated/α-hetero) is 1. The molecule has 2 aromatic rings. The Balaban J connectivity index is 1.55. The molecule has 1 fully saturated rings. The van der Waals surface area contributed by atoms with Gasteiger partial charge >= 0.3 is 11.8 Å². The van der Waals surface area contributed by atoms with Gasteiger partial charge in [0.1, 0.15) is 28.6 Å². The zero-order valence-corrected chi connectivity index (χ0v) is 37.3. The zero-order valence-electron chi connectivity index (χ0n) is 37.3. The molecule has 0 aromatic heterocycles. The molecule has 338 valence electrons. The number of aromatic hydroxyl groups is 2. The molecule has 6 N–H and O–H groups in total. The number of esters is 1. The van der Waals surface area contributed by atoms with Gasteiger partial charge in [-0.25, -0.2) is 0 Å². The van der Waals surface area contributed by atoms with Gasteiger partial charge in [-0.05, 0) is 25.8 Å². The van der Waals surface area contributed by atoms with E-state index in [4.69, 9.17) is 28.9 Å². The largest absolute Gasteiger partial charge is 0.507 e. The SMILES string of the molecule is CO[C@H]1C=CO[C@@]2(C)Oc3c(C)c(O)c4c(O)c(c5c(c4c3C2=O)=NC2(CCN(CC(C)C)CC2)N=5)NC(=O)/C(C)=C\C=C/[C@H](CO)[C@H](O)[C@@H](C)[C@@H](O)[C@@H](C)[C@H](OC(C)=O)[C@@H]1C. The number of carbonyl (C=O) groups excluding carboxylic acids is 3. The quantitative estimate of drug-likeness (QED) is 0.186. The number of allylic oxidation sites excluding steroid dienone is 2. The maximum absolute atomic E-state index is 14.7. The first kappa shape index (κ1) is 46.6. The van der Waals surface area contributed by atoms with Crippen LogP contribution in [-0.2, 0) is 23.8 Å². The maximum atomic E-state index is 14.7. The minimum Gasteiger partial charge on any atom is -0.507 e. The average Bonchev–Trinajstić information content (AvgIpc) is 3.73. The van der Waals surface area contributed by atoms with Crippen molar-refractivity contribution in [3.63, 3.8) is 0 Å². The number of aliphatic hydroxyl groups is 3. The van der Waals surface area contributed by atoms with Crippen LogP contribution in [-0.4, -0.2) is 117 Å². The van der Waals surface area contributed by atoms with Crippen molar-refractivity contribution in [2.24, 2.45) is 39.6 Å². The van der Waals surface area contributed by atoms with E-state index in [2.05, 4.69) is 24.1 Å². The van der Waals surface area contributed by atoms with Gasteiger partial charge < -0.3 is 54.7 Å². The fourth-order valence-corrected chi connectivity index (χ4v) is 9.25. The van der Waals surface area contributed by atoms with E-state index < -0.39 is 95.3 Å². The minimum absolute atomic E-state index is 0.0173. The number of phenolic OH excluding ortho intramolecular Hbond substituents is 2. The number of phenols is 2. The molecule has 0 radical (unpaired) electrons. The van der Waals surface area contributed by atoms with Crippen LogP contribution in [0.2, 0.25) is 0 Å². The number of hydrogen-bond acceptors (Lipinski definition) is 15. The van der Waals surface area contributed by atoms with Crippen LogP contribution in [0.15, 0.2) is 46.1 Å². The number of anilines is 1. The molecule has 1 amide bonds. The van der Waals surface area contributed by atoms with Crippen molar-refractivity contribution in [2.75, 3.05) is 38.7 Å². The van der Waals surface area contributed by atoms with Crippen LogP contribution in [0.5, 0.6) is 17.2 Å². The summed E-state index contributed by atoms with van der Waals surface area (Å²) in [7, 11) is 1.44. The normalized spacial score (nSPS) is 31.8. The van der Waals surface area contributed by atoms with Crippen molar-refractivity contribution >= 4 is 34.1 Å². The third kappa shape index (κ3) is 8.59. The molecule has 0 unspecified atom stereocenters. The molecular formula is C46H62N4O12. The highest BCUT2D eigenvalue weighted by atomic mass is 16.7. The molecule has 2 aromatic carbocycles. The van der Waals surface area contributed by atoms with Crippen molar-refractivity contribution in [1.29, 1.82) is 0 Å². The maximum Gasteiger partial charge on any atom is 0.312 e. The molecule has 4 heterocycles. The van der Waals surface area contributed by atoms with Crippen molar-refractivity contribution in [3.05, 3.63) is 58.0 Å². The number of amides is 1. The van der Waals surface area contributed by atoms with Gasteiger partial charge in [0.2, 0.25) is 0 Å². The number of nitrogens with one attached hydrogen (secondary N) is 1. The van der Waals surface area contributed by atoms with Crippen LogP contribution in [0, 0.1) is 36.5 Å². The number of nitrogens with zero attached hydrogens (tertiary/aromatic N) is 3. The van der Waals surface area contributed by atoms with Gasteiger partial charge in [-0.3, -0.25) is 24.4 Å². The number of benzene rings is 2. The lowest BCUT2D eigenvalue weighted by Gasteiger charge is -2.38. The summed E-state index contributed by atoms with van der Waals surface area (Å²) in [4.78, 5) is 53.7. The molecule has 0 saturated carbocycles. The highest BCUT2D eigenvalue weighted by molar-refractivity contribution is 6.19. The summed E-state index contributed by atoms with van der Waals surface area (Å²) in [5.41, 5.74) is -0.747. The Morgan fingerprint density at radius 3 is 2.26 bits per heavy atom. The first-order valence-electron chi connectivity index (χ1n) is 21.4. The van der Waals surface area contributed by atoms with Crippen molar-refractivity contribution in [1.82, 2.24) is 4.90 Å². The van der Waals surface area contributed by atoms with E-state index in [1.54, 1.807) is 20.8 Å². The number of likely N-dealkylation sites (tertiary alicyclic amines) is 1. The lowest BCUT2D eigenvalue weighted by molar-refractivity contribution is -0.160. The molecule has 62 heavy (non-hydrogen) atoms. The number of rotatable bonds is 5. The molecule has 4 aliphatic rings. The summed E-state index contributed by atoms with van der Waals surface area (Å²) in [6.07, 6.45) is 4.08. The monoisotopic (exact) mass is 862 g/mol. The number of fused-ring (bicyclic) bond motifs is 1. The van der Waals surface area contributed by atoms with Crippen LogP contribution in [0.1, 0.15) is 84.2 Å². The van der Waals surface area contributed by atoms with Gasteiger partial charge in [0.15, 0.2) is 11.4 Å². The van der Waals surface area contributed by atoms with E-state index in [-0.39, 0.29) is 49.6 Å². The Bertz CT molecular complexity index is 2320. The zero-order chi connectivity index (χ0) is 45.6. The van der Waals surface area contributed by atoms with E-state index in [9.17, 15) is 39.9 Å². The predicted octanol–water partition coefficient (Wildman–Crippen LogP) is 3.72. The van der Waals surface area contributed by atoms with Gasteiger partial charge in [-0.2, -0.15) is 0 Å². The summed E-state index contributed by atoms with van der Waals surface area (Å²) in [6.45, 7) is 16.9. The highest BCUT2D eigenvalue weighted by Crippen LogP contribution is 2.50. The van der Waals surface area contributed by atoms with E-state index in [0.717, 1.165) is 6.54 Å². The number of ketones is 1. The molecule has 6 rings (SSSR count). The number of carbonyl (C=O) groups is 3. The second-order valence-corrected chi connectivity index (χ2v) is 17.9. The fourth-order valence-electron chi connectivity index (χ4n) is 9.25. The van der Waals surface area contributed by atoms with E-state index >= 15 is 0 Å². The number of piperidine rings is 1. The minimum atomic E-state index is -1.98. The summed E-state index contributed by atoms with van der Waals surface area (Å²) in [5, 5.41) is 60.4. The first-order chi connectivity index (χ1) is 29.2. The van der Waals surface area contributed by atoms with Crippen molar-refractivity contribution in [3.8, 4) is 17.2 Å². The predicted molar refractivity (Wildman–Crippen MR) is 229 cm³/mol. The molecular weight excluding hydrogens is 801 g/mol. The number of methoxy groups -OCH3 is 1. The Labute approximate surface area is 361 Å². The molecule has 4 aliphatic heterocycles. The van der Waals surface area contributed by atoms with Crippen LogP contribution >= 0.6 is 0 Å². The van der Waals surface area contributed by atoms with E-state index in [1.165, 1.54) is 65.4 Å². The first-order valence-corrected chi connectivity index (χ1v) is 21.4. The molecule has 16 heteroatoms. The van der Waals surface area contributed by atoms with E-state index in [1.807, 2.05) is 0 Å². The van der Waals surface area contributed by atoms with Crippen LogP contribution in [0.25, 0.3) is 10.8 Å². The number of ether oxygens (including phenoxy) is 4. The Hall–Kier alpha value is -4.87. The molecule has 4 bridgehead atoms. The fraction of sp³-hybridized carbons (Fsp3) is 0.587. The summed E-state index contributed by atoms with van der Waals surface area (Å²) >= 11 is 0.